The summed E-state index contributed by atoms with van der Waals surface area (Å²) in [6.07, 6.45) is 4.29. The van der Waals surface area contributed by atoms with Crippen LogP contribution in [0, 0.1) is 0 Å². The quantitative estimate of drug-likeness (QED) is 0.679. The Hall–Kier alpha value is -0.860. The third-order valence-electron chi connectivity index (χ3n) is 3.05. The first-order chi connectivity index (χ1) is 8.27. The number of aryl methyl sites for hydroxylation is 1. The lowest BCUT2D eigenvalue weighted by Gasteiger charge is -2.14. The Kier molecular flexibility index (Phi) is 6.90. The molecule has 0 fully saturated rings. The van der Waals surface area contributed by atoms with Crippen molar-refractivity contribution in [2.45, 2.75) is 45.6 Å². The highest BCUT2D eigenvalue weighted by molar-refractivity contribution is 5.24. The van der Waals surface area contributed by atoms with E-state index in [0.717, 1.165) is 19.4 Å². The maximum absolute atomic E-state index is 8.70. The van der Waals surface area contributed by atoms with Crippen molar-refractivity contribution in [2.24, 2.45) is 0 Å². The summed E-state index contributed by atoms with van der Waals surface area (Å²) in [5.74, 6) is 0. The van der Waals surface area contributed by atoms with Gasteiger partial charge in [0.25, 0.3) is 0 Å². The van der Waals surface area contributed by atoms with Crippen molar-refractivity contribution in [2.75, 3.05) is 13.2 Å². The second-order valence-corrected chi connectivity index (χ2v) is 4.60. The van der Waals surface area contributed by atoms with Crippen LogP contribution in [0.4, 0.5) is 0 Å². The number of aliphatic hydroxyl groups excluding tert-OH is 1. The van der Waals surface area contributed by atoms with E-state index >= 15 is 0 Å². The van der Waals surface area contributed by atoms with Crippen molar-refractivity contribution in [3.05, 3.63) is 35.4 Å². The molecule has 0 heterocycles. The third-order valence-corrected chi connectivity index (χ3v) is 3.05. The highest BCUT2D eigenvalue weighted by Gasteiger charge is 2.03. The molecule has 1 rings (SSSR count). The zero-order chi connectivity index (χ0) is 12.5. The molecule has 96 valence electrons. The molecule has 1 aromatic carbocycles. The Bertz CT molecular complexity index is 294. The second kappa shape index (κ2) is 8.26. The highest BCUT2D eigenvalue weighted by atomic mass is 16.2. The molecule has 2 nitrogen and oxygen atoms in total. The summed E-state index contributed by atoms with van der Waals surface area (Å²) in [6, 6.07) is 9.28. The molecule has 0 spiro atoms. The SMILES string of the molecule is CCCc1ccc(C(C)NCCCCO)cc1. The summed E-state index contributed by atoms with van der Waals surface area (Å²) in [7, 11) is 0. The lowest BCUT2D eigenvalue weighted by molar-refractivity contribution is 0.283. The zero-order valence-corrected chi connectivity index (χ0v) is 11.1. The van der Waals surface area contributed by atoms with Gasteiger partial charge < -0.3 is 10.4 Å². The topological polar surface area (TPSA) is 32.3 Å². The molecule has 0 aliphatic rings. The van der Waals surface area contributed by atoms with Gasteiger partial charge in [0, 0.05) is 12.6 Å². The molecule has 1 atom stereocenters. The summed E-state index contributed by atoms with van der Waals surface area (Å²) in [6.45, 7) is 5.66. The number of hydrogen-bond acceptors (Lipinski definition) is 2. The molecule has 0 radical (unpaired) electrons. The van der Waals surface area contributed by atoms with Gasteiger partial charge in [-0.25, -0.2) is 0 Å². The van der Waals surface area contributed by atoms with E-state index in [2.05, 4.69) is 43.4 Å². The summed E-state index contributed by atoms with van der Waals surface area (Å²) < 4.78 is 0. The Morgan fingerprint density at radius 3 is 2.47 bits per heavy atom. The van der Waals surface area contributed by atoms with Gasteiger partial charge >= 0.3 is 0 Å². The normalized spacial score (nSPS) is 12.6. The van der Waals surface area contributed by atoms with Crippen molar-refractivity contribution < 1.29 is 5.11 Å². The fraction of sp³-hybridized carbons (Fsp3) is 0.600. The van der Waals surface area contributed by atoms with Crippen LogP contribution < -0.4 is 5.32 Å². The minimum atomic E-state index is 0.293. The molecule has 0 aromatic heterocycles. The molecular weight excluding hydrogens is 210 g/mol. The van der Waals surface area contributed by atoms with E-state index in [1.807, 2.05) is 0 Å². The number of rotatable bonds is 8. The predicted octanol–water partition coefficient (Wildman–Crippen LogP) is 3.06. The van der Waals surface area contributed by atoms with Crippen molar-refractivity contribution in [3.8, 4) is 0 Å². The second-order valence-electron chi connectivity index (χ2n) is 4.60. The van der Waals surface area contributed by atoms with Crippen LogP contribution in [0.3, 0.4) is 0 Å². The first kappa shape index (κ1) is 14.2. The number of hydrogen-bond donors (Lipinski definition) is 2. The van der Waals surface area contributed by atoms with Gasteiger partial charge in [0.1, 0.15) is 0 Å². The molecule has 0 bridgehead atoms. The van der Waals surface area contributed by atoms with Gasteiger partial charge in [0.2, 0.25) is 0 Å². The maximum Gasteiger partial charge on any atom is 0.0431 e. The molecule has 1 unspecified atom stereocenters. The molecule has 0 saturated heterocycles. The fourth-order valence-electron chi connectivity index (χ4n) is 1.93. The largest absolute Gasteiger partial charge is 0.396 e. The van der Waals surface area contributed by atoms with Crippen molar-refractivity contribution in [3.63, 3.8) is 0 Å². The standard InChI is InChI=1S/C15H25NO/c1-3-6-14-7-9-15(10-8-14)13(2)16-11-4-5-12-17/h7-10,13,16-17H,3-6,11-12H2,1-2H3. The van der Waals surface area contributed by atoms with E-state index in [1.165, 1.54) is 24.0 Å². The maximum atomic E-state index is 8.70. The Balaban J connectivity index is 2.37. The van der Waals surface area contributed by atoms with E-state index < -0.39 is 0 Å². The first-order valence-electron chi connectivity index (χ1n) is 6.71. The molecule has 17 heavy (non-hydrogen) atoms. The van der Waals surface area contributed by atoms with Crippen LogP contribution in [0.25, 0.3) is 0 Å². The first-order valence-corrected chi connectivity index (χ1v) is 6.71. The molecule has 0 saturated carbocycles. The van der Waals surface area contributed by atoms with E-state index in [1.54, 1.807) is 0 Å². The molecule has 2 N–H and O–H groups in total. The van der Waals surface area contributed by atoms with Crippen LogP contribution in [0.2, 0.25) is 0 Å². The van der Waals surface area contributed by atoms with Gasteiger partial charge in [-0.3, -0.25) is 0 Å². The van der Waals surface area contributed by atoms with Crippen LogP contribution in [0.15, 0.2) is 24.3 Å². The lowest BCUT2D eigenvalue weighted by Crippen LogP contribution is -2.20. The van der Waals surface area contributed by atoms with Gasteiger partial charge in [0.15, 0.2) is 0 Å². The molecule has 0 aliphatic heterocycles. The summed E-state index contributed by atoms with van der Waals surface area (Å²) >= 11 is 0. The van der Waals surface area contributed by atoms with Gasteiger partial charge in [-0.05, 0) is 43.9 Å². The Labute approximate surface area is 105 Å². The van der Waals surface area contributed by atoms with Crippen LogP contribution in [0.1, 0.15) is 50.3 Å². The summed E-state index contributed by atoms with van der Waals surface area (Å²) in [5.41, 5.74) is 2.76. The molecule has 2 heteroatoms. The third kappa shape index (κ3) is 5.33. The van der Waals surface area contributed by atoms with Crippen LogP contribution >= 0.6 is 0 Å². The number of benzene rings is 1. The minimum Gasteiger partial charge on any atom is -0.396 e. The van der Waals surface area contributed by atoms with Crippen molar-refractivity contribution in [1.82, 2.24) is 5.32 Å². The zero-order valence-electron chi connectivity index (χ0n) is 11.1. The predicted molar refractivity (Wildman–Crippen MR) is 73.2 cm³/mol. The average molecular weight is 235 g/mol. The molecular formula is C15H25NO. The van der Waals surface area contributed by atoms with Gasteiger partial charge in [-0.1, -0.05) is 37.6 Å². The lowest BCUT2D eigenvalue weighted by atomic mass is 10.0. The van der Waals surface area contributed by atoms with Crippen LogP contribution in [0.5, 0.6) is 0 Å². The monoisotopic (exact) mass is 235 g/mol. The highest BCUT2D eigenvalue weighted by Crippen LogP contribution is 2.14. The van der Waals surface area contributed by atoms with Gasteiger partial charge in [0.05, 0.1) is 0 Å². The fourth-order valence-corrected chi connectivity index (χ4v) is 1.93. The number of nitrogens with one attached hydrogen (secondary N) is 1. The molecule has 0 amide bonds. The molecule has 1 aromatic rings. The number of unbranched alkanes of at least 4 members (excludes halogenated alkanes) is 1. The summed E-state index contributed by atoms with van der Waals surface area (Å²) in [4.78, 5) is 0. The smallest absolute Gasteiger partial charge is 0.0431 e. The number of aliphatic hydroxyl groups is 1. The average Bonchev–Trinajstić information content (AvgIpc) is 2.36. The van der Waals surface area contributed by atoms with Crippen molar-refractivity contribution >= 4 is 0 Å². The van der Waals surface area contributed by atoms with Gasteiger partial charge in [-0.15, -0.1) is 0 Å². The van der Waals surface area contributed by atoms with E-state index in [4.69, 9.17) is 5.11 Å². The Morgan fingerprint density at radius 1 is 1.18 bits per heavy atom. The van der Waals surface area contributed by atoms with Gasteiger partial charge in [-0.2, -0.15) is 0 Å². The van der Waals surface area contributed by atoms with Crippen LogP contribution in [-0.4, -0.2) is 18.3 Å². The molecule has 0 aliphatic carbocycles. The summed E-state index contributed by atoms with van der Waals surface area (Å²) in [5, 5.41) is 12.2. The van der Waals surface area contributed by atoms with E-state index in [-0.39, 0.29) is 0 Å². The van der Waals surface area contributed by atoms with Crippen LogP contribution in [-0.2, 0) is 6.42 Å². The van der Waals surface area contributed by atoms with E-state index in [0.29, 0.717) is 12.6 Å². The van der Waals surface area contributed by atoms with Crippen molar-refractivity contribution in [1.29, 1.82) is 0 Å². The minimum absolute atomic E-state index is 0.293. The van der Waals surface area contributed by atoms with E-state index in [9.17, 15) is 0 Å². The Morgan fingerprint density at radius 2 is 1.88 bits per heavy atom.